The average molecular weight is 258 g/mol. The number of ether oxygens (including phenoxy) is 1. The van der Waals surface area contributed by atoms with Gasteiger partial charge in [0.05, 0.1) is 13.1 Å². The largest absolute Gasteiger partial charge is 0.444 e. The number of thioether (sulfide) groups is 1. The highest BCUT2D eigenvalue weighted by Gasteiger charge is 2.48. The molecule has 2 aliphatic heterocycles. The highest BCUT2D eigenvalue weighted by Crippen LogP contribution is 2.39. The molecule has 1 N–H and O–H groups in total. The molecule has 2 fully saturated rings. The van der Waals surface area contributed by atoms with Crippen molar-refractivity contribution in [2.24, 2.45) is 0 Å². The molecule has 2 heterocycles. The van der Waals surface area contributed by atoms with Crippen molar-refractivity contribution in [3.8, 4) is 0 Å². The maximum absolute atomic E-state index is 11.8. The Morgan fingerprint density at radius 2 is 2.12 bits per heavy atom. The number of nitrogens with zero attached hydrogens (tertiary/aromatic N) is 1. The first-order valence-corrected chi connectivity index (χ1v) is 7.08. The molecular weight excluding hydrogens is 236 g/mol. The first kappa shape index (κ1) is 13.0. The van der Waals surface area contributed by atoms with E-state index < -0.39 is 5.60 Å². The van der Waals surface area contributed by atoms with Crippen molar-refractivity contribution >= 4 is 17.9 Å². The van der Waals surface area contributed by atoms with Crippen molar-refractivity contribution in [3.63, 3.8) is 0 Å². The van der Waals surface area contributed by atoms with Crippen LogP contribution in [-0.4, -0.2) is 46.3 Å². The summed E-state index contributed by atoms with van der Waals surface area (Å²) in [6, 6.07) is 0. The Balaban J connectivity index is 1.83. The Bertz CT molecular complexity index is 308. The van der Waals surface area contributed by atoms with Crippen LogP contribution in [0.2, 0.25) is 0 Å². The van der Waals surface area contributed by atoms with Gasteiger partial charge in [0.2, 0.25) is 0 Å². The van der Waals surface area contributed by atoms with Gasteiger partial charge in [0.1, 0.15) is 10.5 Å². The van der Waals surface area contributed by atoms with Gasteiger partial charge in [-0.25, -0.2) is 4.79 Å². The highest BCUT2D eigenvalue weighted by molar-refractivity contribution is 8.01. The van der Waals surface area contributed by atoms with Gasteiger partial charge < -0.3 is 9.64 Å². The summed E-state index contributed by atoms with van der Waals surface area (Å²) in [7, 11) is 0. The van der Waals surface area contributed by atoms with Crippen LogP contribution < -0.4 is 5.32 Å². The van der Waals surface area contributed by atoms with Gasteiger partial charge in [0, 0.05) is 5.25 Å². The van der Waals surface area contributed by atoms with Gasteiger partial charge in [-0.15, -0.1) is 11.8 Å². The fourth-order valence-corrected chi connectivity index (χ4v) is 3.85. The molecule has 17 heavy (non-hydrogen) atoms. The summed E-state index contributed by atoms with van der Waals surface area (Å²) in [5, 5.41) is 4.20. The lowest BCUT2D eigenvalue weighted by atomic mass is 10.1. The fraction of sp³-hybridized carbons (Fsp3) is 0.917. The van der Waals surface area contributed by atoms with E-state index >= 15 is 0 Å². The zero-order valence-electron chi connectivity index (χ0n) is 11.1. The molecule has 1 unspecified atom stereocenters. The molecule has 2 aliphatic rings. The van der Waals surface area contributed by atoms with Crippen molar-refractivity contribution in [3.05, 3.63) is 0 Å². The number of carbonyl (C=O) groups is 1. The molecular formula is C12H22N2O2S. The molecule has 0 saturated carbocycles. The fourth-order valence-electron chi connectivity index (χ4n) is 2.20. The summed E-state index contributed by atoms with van der Waals surface area (Å²) in [6.45, 7) is 10.5. The number of carbonyl (C=O) groups excluding carboxylic acids is 1. The first-order chi connectivity index (χ1) is 7.80. The summed E-state index contributed by atoms with van der Waals surface area (Å²) in [4.78, 5) is 13.7. The molecule has 2 saturated heterocycles. The van der Waals surface area contributed by atoms with Crippen molar-refractivity contribution in [2.75, 3.05) is 19.6 Å². The molecule has 2 rings (SSSR count). The van der Waals surface area contributed by atoms with Gasteiger partial charge in [-0.3, -0.25) is 5.32 Å². The van der Waals surface area contributed by atoms with Gasteiger partial charge in [0.25, 0.3) is 0 Å². The Labute approximate surface area is 107 Å². The molecule has 0 radical (unpaired) electrons. The number of rotatable bonds is 0. The minimum Gasteiger partial charge on any atom is -0.444 e. The van der Waals surface area contributed by atoms with Crippen LogP contribution in [0.5, 0.6) is 0 Å². The molecule has 0 aromatic heterocycles. The molecule has 98 valence electrons. The van der Waals surface area contributed by atoms with E-state index in [1.54, 1.807) is 4.90 Å². The summed E-state index contributed by atoms with van der Waals surface area (Å²) in [5.41, 5.74) is -0.403. The lowest BCUT2D eigenvalue weighted by molar-refractivity contribution is 0.000125. The third kappa shape index (κ3) is 3.07. The maximum atomic E-state index is 11.8. The lowest BCUT2D eigenvalue weighted by Crippen LogP contribution is -2.70. The summed E-state index contributed by atoms with van der Waals surface area (Å²) >= 11 is 1.95. The summed E-state index contributed by atoms with van der Waals surface area (Å²) < 4.78 is 5.35. The highest BCUT2D eigenvalue weighted by atomic mass is 32.2. The van der Waals surface area contributed by atoms with Gasteiger partial charge in [0.15, 0.2) is 0 Å². The topological polar surface area (TPSA) is 41.6 Å². The third-order valence-corrected chi connectivity index (χ3v) is 4.46. The van der Waals surface area contributed by atoms with Crippen molar-refractivity contribution in [1.29, 1.82) is 0 Å². The molecule has 5 heteroatoms. The Hall–Kier alpha value is -0.420. The van der Waals surface area contributed by atoms with Crippen LogP contribution >= 0.6 is 11.8 Å². The number of hydrogen-bond acceptors (Lipinski definition) is 4. The quantitative estimate of drug-likeness (QED) is 0.722. The van der Waals surface area contributed by atoms with E-state index in [0.29, 0.717) is 5.25 Å². The third-order valence-electron chi connectivity index (χ3n) is 2.97. The lowest BCUT2D eigenvalue weighted by Gasteiger charge is -2.52. The van der Waals surface area contributed by atoms with Crippen molar-refractivity contribution < 1.29 is 9.53 Å². The van der Waals surface area contributed by atoms with Crippen LogP contribution in [0.15, 0.2) is 0 Å². The Morgan fingerprint density at radius 1 is 1.47 bits per heavy atom. The van der Waals surface area contributed by atoms with E-state index in [-0.39, 0.29) is 11.0 Å². The summed E-state index contributed by atoms with van der Waals surface area (Å²) in [5.74, 6) is 0. The van der Waals surface area contributed by atoms with Crippen LogP contribution in [0.4, 0.5) is 4.79 Å². The van der Waals surface area contributed by atoms with E-state index in [4.69, 9.17) is 4.74 Å². The normalized spacial score (nSPS) is 27.8. The zero-order chi connectivity index (χ0) is 12.7. The monoisotopic (exact) mass is 258 g/mol. The number of hydrogen-bond donors (Lipinski definition) is 1. The van der Waals surface area contributed by atoms with E-state index in [9.17, 15) is 4.79 Å². The molecule has 4 nitrogen and oxygen atoms in total. The van der Waals surface area contributed by atoms with Crippen LogP contribution in [0.3, 0.4) is 0 Å². The van der Waals surface area contributed by atoms with Gasteiger partial charge in [-0.05, 0) is 33.7 Å². The molecule has 0 aromatic carbocycles. The number of amides is 1. The van der Waals surface area contributed by atoms with Crippen LogP contribution in [0.25, 0.3) is 0 Å². The molecule has 0 bridgehead atoms. The van der Waals surface area contributed by atoms with Gasteiger partial charge in [-0.2, -0.15) is 0 Å². The number of likely N-dealkylation sites (tertiary alicyclic amines) is 1. The Kier molecular flexibility index (Phi) is 3.34. The average Bonchev–Trinajstić information content (AvgIpc) is 2.10. The first-order valence-electron chi connectivity index (χ1n) is 6.20. The summed E-state index contributed by atoms with van der Waals surface area (Å²) in [6.07, 6.45) is 1.02. The van der Waals surface area contributed by atoms with E-state index in [2.05, 4.69) is 12.2 Å². The minimum absolute atomic E-state index is 0.0918. The van der Waals surface area contributed by atoms with Crippen molar-refractivity contribution in [2.45, 2.75) is 49.8 Å². The standard InChI is InChI=1S/C12H22N2O2S/c1-9-5-6-13-12(17-9)7-14(8-12)10(15)16-11(2,3)4/h9,13H,5-8H2,1-4H3. The van der Waals surface area contributed by atoms with E-state index in [0.717, 1.165) is 19.6 Å². The van der Waals surface area contributed by atoms with Crippen LogP contribution in [0.1, 0.15) is 34.1 Å². The predicted molar refractivity (Wildman–Crippen MR) is 70.2 cm³/mol. The van der Waals surface area contributed by atoms with E-state index in [1.807, 2.05) is 32.5 Å². The van der Waals surface area contributed by atoms with Gasteiger partial charge >= 0.3 is 6.09 Å². The molecule has 1 amide bonds. The maximum Gasteiger partial charge on any atom is 0.410 e. The van der Waals surface area contributed by atoms with Gasteiger partial charge in [-0.1, -0.05) is 6.92 Å². The van der Waals surface area contributed by atoms with Crippen LogP contribution in [-0.2, 0) is 4.74 Å². The minimum atomic E-state index is -0.403. The van der Waals surface area contributed by atoms with E-state index in [1.165, 1.54) is 6.42 Å². The second-order valence-electron chi connectivity index (χ2n) is 5.97. The smallest absolute Gasteiger partial charge is 0.410 e. The zero-order valence-corrected chi connectivity index (χ0v) is 11.9. The number of nitrogens with one attached hydrogen (secondary N) is 1. The second-order valence-corrected chi connectivity index (χ2v) is 7.80. The molecule has 0 aromatic rings. The Morgan fingerprint density at radius 3 is 2.65 bits per heavy atom. The predicted octanol–water partition coefficient (Wildman–Crippen LogP) is 2.05. The van der Waals surface area contributed by atoms with Crippen LogP contribution in [0, 0.1) is 0 Å². The molecule has 1 spiro atoms. The van der Waals surface area contributed by atoms with Crippen molar-refractivity contribution in [1.82, 2.24) is 10.2 Å². The molecule has 1 atom stereocenters. The molecule has 0 aliphatic carbocycles. The SMILES string of the molecule is CC1CCNC2(CN(C(=O)OC(C)(C)C)C2)S1. The second kappa shape index (κ2) is 4.35.